The Kier molecular flexibility index (Phi) is 22.6. The van der Waals surface area contributed by atoms with Crippen LogP contribution < -0.4 is 21.3 Å². The van der Waals surface area contributed by atoms with Gasteiger partial charge in [-0.15, -0.1) is 0 Å². The summed E-state index contributed by atoms with van der Waals surface area (Å²) in [5, 5.41) is 11.0. The lowest BCUT2D eigenvalue weighted by Crippen LogP contribution is -2.58. The zero-order chi connectivity index (χ0) is 52.8. The maximum atomic E-state index is 14.8. The summed E-state index contributed by atoms with van der Waals surface area (Å²) in [6, 6.07) is 23.0. The summed E-state index contributed by atoms with van der Waals surface area (Å²) in [5.74, 6) is -6.06. The number of alkyl carbamates (subject to hydrolysis) is 1. The van der Waals surface area contributed by atoms with Crippen LogP contribution in [0.3, 0.4) is 0 Å². The summed E-state index contributed by atoms with van der Waals surface area (Å²) in [5.41, 5.74) is 0.436. The molecule has 3 aromatic rings. The minimum Gasteiger partial charge on any atom is -0.458 e. The van der Waals surface area contributed by atoms with Crippen LogP contribution in [0, 0.1) is 17.3 Å². The molecule has 4 rings (SSSR count). The van der Waals surface area contributed by atoms with Crippen molar-refractivity contribution in [3.8, 4) is 0 Å². The molecule has 19 nitrogen and oxygen atoms in total. The first-order valence-corrected chi connectivity index (χ1v) is 24.1. The standard InChI is InChI=1S/C53H71N5O14/c1-35(2)45(48(63)54-41(30-38-22-16-11-17-23-38)47(62)57-50(65)58-24-26-67-27-25-58)56-46(61)39(28-36-18-12-9-13-19-36)31-42(40(29-37-20-14-10-15-21-37)55-51(66)72-53(6,7)8)71-44(60)33-68-32-43(59)69-34-70-49(64)52(3,4)5/h9-23,35,39-42,45H,24-34H2,1-8H3,(H,54,63)(H,55,66)(H,56,61)(H,57,62,65). The maximum absolute atomic E-state index is 14.8. The van der Waals surface area contributed by atoms with Crippen LogP contribution in [0.4, 0.5) is 9.59 Å². The van der Waals surface area contributed by atoms with E-state index in [-0.39, 0.29) is 38.8 Å². The van der Waals surface area contributed by atoms with Gasteiger partial charge in [-0.05, 0) is 83.4 Å². The van der Waals surface area contributed by atoms with Crippen molar-refractivity contribution in [3.63, 3.8) is 0 Å². The molecule has 19 heteroatoms. The quantitative estimate of drug-likeness (QED) is 0.0566. The summed E-state index contributed by atoms with van der Waals surface area (Å²) in [6.45, 7) is 12.5. The van der Waals surface area contributed by atoms with E-state index in [4.69, 9.17) is 28.4 Å². The van der Waals surface area contributed by atoms with Crippen LogP contribution in [-0.2, 0) is 76.5 Å². The van der Waals surface area contributed by atoms with Crippen molar-refractivity contribution in [2.75, 3.05) is 46.3 Å². The second-order valence-electron chi connectivity index (χ2n) is 19.8. The molecule has 1 heterocycles. The fourth-order valence-electron chi connectivity index (χ4n) is 7.35. The van der Waals surface area contributed by atoms with Crippen LogP contribution in [0.25, 0.3) is 0 Å². The van der Waals surface area contributed by atoms with E-state index in [1.807, 2.05) is 42.5 Å². The Morgan fingerprint density at radius 1 is 0.639 bits per heavy atom. The molecule has 1 aliphatic heterocycles. The van der Waals surface area contributed by atoms with Crippen molar-refractivity contribution in [3.05, 3.63) is 108 Å². The van der Waals surface area contributed by atoms with Gasteiger partial charge in [0.1, 0.15) is 37.0 Å². The van der Waals surface area contributed by atoms with Crippen LogP contribution in [0.1, 0.15) is 78.5 Å². The third kappa shape index (κ3) is 20.8. The first-order valence-electron chi connectivity index (χ1n) is 24.1. The van der Waals surface area contributed by atoms with Crippen molar-refractivity contribution >= 4 is 47.8 Å². The van der Waals surface area contributed by atoms with E-state index in [0.29, 0.717) is 18.8 Å². The minimum absolute atomic E-state index is 0.0302. The van der Waals surface area contributed by atoms with E-state index < -0.39 is 115 Å². The Morgan fingerprint density at radius 2 is 1.18 bits per heavy atom. The zero-order valence-electron chi connectivity index (χ0n) is 42.6. The molecule has 5 unspecified atom stereocenters. The monoisotopic (exact) mass is 1000 g/mol. The summed E-state index contributed by atoms with van der Waals surface area (Å²) >= 11 is 0. The highest BCUT2D eigenvalue weighted by molar-refractivity contribution is 5.99. The number of urea groups is 1. The third-order valence-corrected chi connectivity index (χ3v) is 11.1. The molecule has 0 spiro atoms. The molecular weight excluding hydrogens is 931 g/mol. The molecule has 0 aliphatic carbocycles. The Bertz CT molecular complexity index is 2240. The second kappa shape index (κ2) is 28.2. The molecule has 392 valence electrons. The summed E-state index contributed by atoms with van der Waals surface area (Å²) in [7, 11) is 0. The first-order chi connectivity index (χ1) is 34.1. The Hall–Kier alpha value is -6.86. The van der Waals surface area contributed by atoms with Crippen LogP contribution in [0.2, 0.25) is 0 Å². The van der Waals surface area contributed by atoms with Crippen molar-refractivity contribution in [1.82, 2.24) is 26.2 Å². The molecule has 5 atom stereocenters. The van der Waals surface area contributed by atoms with Crippen LogP contribution in [0.5, 0.6) is 0 Å². The van der Waals surface area contributed by atoms with Crippen molar-refractivity contribution in [2.24, 2.45) is 17.3 Å². The average Bonchev–Trinajstić information content (AvgIpc) is 3.32. The van der Waals surface area contributed by atoms with Crippen molar-refractivity contribution in [1.29, 1.82) is 0 Å². The van der Waals surface area contributed by atoms with E-state index in [0.717, 1.165) is 11.1 Å². The normalized spacial score (nSPS) is 14.8. The average molecular weight is 1000 g/mol. The van der Waals surface area contributed by atoms with E-state index in [1.165, 1.54) is 4.90 Å². The van der Waals surface area contributed by atoms with Gasteiger partial charge in [0.05, 0.1) is 24.7 Å². The van der Waals surface area contributed by atoms with E-state index in [1.54, 1.807) is 104 Å². The van der Waals surface area contributed by atoms with Gasteiger partial charge in [0.25, 0.3) is 5.91 Å². The summed E-state index contributed by atoms with van der Waals surface area (Å²) in [6.07, 6.45) is -2.07. The van der Waals surface area contributed by atoms with Gasteiger partial charge in [0.15, 0.2) is 0 Å². The molecule has 3 aromatic carbocycles. The van der Waals surface area contributed by atoms with Gasteiger partial charge < -0.3 is 49.3 Å². The van der Waals surface area contributed by atoms with Gasteiger partial charge in [-0.1, -0.05) is 105 Å². The van der Waals surface area contributed by atoms with Crippen molar-refractivity contribution in [2.45, 2.75) is 111 Å². The number of nitrogens with one attached hydrogen (secondary N) is 4. The summed E-state index contributed by atoms with van der Waals surface area (Å²) in [4.78, 5) is 109. The molecule has 4 N–H and O–H groups in total. The topological polar surface area (TPSA) is 243 Å². The molecule has 72 heavy (non-hydrogen) atoms. The highest BCUT2D eigenvalue weighted by Gasteiger charge is 2.37. The highest BCUT2D eigenvalue weighted by Crippen LogP contribution is 2.23. The molecule has 0 bridgehead atoms. The van der Waals surface area contributed by atoms with Gasteiger partial charge >= 0.3 is 30.0 Å². The van der Waals surface area contributed by atoms with Crippen molar-refractivity contribution < 1.29 is 66.8 Å². The Morgan fingerprint density at radius 3 is 1.72 bits per heavy atom. The number of amides is 6. The van der Waals surface area contributed by atoms with Gasteiger partial charge in [0.2, 0.25) is 18.6 Å². The fraction of sp³-hybridized carbons (Fsp3) is 0.509. The fourth-order valence-corrected chi connectivity index (χ4v) is 7.35. The van der Waals surface area contributed by atoms with E-state index in [9.17, 15) is 38.4 Å². The Balaban J connectivity index is 1.63. The molecule has 0 saturated carbocycles. The molecule has 6 amide bonds. The number of nitrogens with zero attached hydrogens (tertiary/aromatic N) is 1. The molecule has 1 saturated heterocycles. The van der Waals surface area contributed by atoms with Crippen LogP contribution in [-0.4, -0.2) is 129 Å². The molecule has 0 radical (unpaired) electrons. The second-order valence-corrected chi connectivity index (χ2v) is 19.8. The number of hydrogen-bond acceptors (Lipinski definition) is 14. The number of rotatable bonds is 23. The predicted molar refractivity (Wildman–Crippen MR) is 264 cm³/mol. The van der Waals surface area contributed by atoms with Gasteiger partial charge in [-0.2, -0.15) is 0 Å². The van der Waals surface area contributed by atoms with Gasteiger partial charge in [-0.3, -0.25) is 24.5 Å². The number of imide groups is 1. The minimum atomic E-state index is -1.26. The number of carbonyl (C=O) groups is 8. The zero-order valence-corrected chi connectivity index (χ0v) is 42.6. The lowest BCUT2D eigenvalue weighted by Gasteiger charge is -2.32. The molecule has 1 fully saturated rings. The number of esters is 3. The highest BCUT2D eigenvalue weighted by atomic mass is 16.7. The number of morpholine rings is 1. The number of carbonyl (C=O) groups excluding carboxylic acids is 8. The molecule has 0 aromatic heterocycles. The summed E-state index contributed by atoms with van der Waals surface area (Å²) < 4.78 is 32.3. The number of hydrogen-bond donors (Lipinski definition) is 4. The van der Waals surface area contributed by atoms with Gasteiger partial charge in [-0.25, -0.2) is 19.2 Å². The van der Waals surface area contributed by atoms with E-state index >= 15 is 0 Å². The molecule has 1 aliphatic rings. The first kappa shape index (κ1) is 57.7. The SMILES string of the molecule is CC(C)C(NC(=O)C(Cc1ccccc1)CC(OC(=O)COCC(=O)OCOC(=O)C(C)(C)C)C(Cc1ccccc1)NC(=O)OC(C)(C)C)C(=O)NC(Cc1ccccc1)C(=O)NC(=O)N1CCOCC1. The van der Waals surface area contributed by atoms with Crippen LogP contribution in [0.15, 0.2) is 91.0 Å². The smallest absolute Gasteiger partial charge is 0.408 e. The number of ether oxygens (including phenoxy) is 6. The maximum Gasteiger partial charge on any atom is 0.408 e. The molecular formula is C53H71N5O14. The lowest BCUT2D eigenvalue weighted by atomic mass is 9.88. The van der Waals surface area contributed by atoms with E-state index in [2.05, 4.69) is 21.3 Å². The largest absolute Gasteiger partial charge is 0.458 e. The third-order valence-electron chi connectivity index (χ3n) is 11.1. The lowest BCUT2D eigenvalue weighted by molar-refractivity contribution is -0.176. The van der Waals surface area contributed by atoms with Gasteiger partial charge in [0, 0.05) is 25.4 Å². The number of benzene rings is 3. The van der Waals surface area contributed by atoms with Crippen LogP contribution >= 0.6 is 0 Å². The Labute approximate surface area is 421 Å². The predicted octanol–water partition coefficient (Wildman–Crippen LogP) is 4.83.